The van der Waals surface area contributed by atoms with Gasteiger partial charge in [-0.3, -0.25) is 0 Å². The van der Waals surface area contributed by atoms with Crippen LogP contribution in [0.15, 0.2) is 24.3 Å². The maximum atomic E-state index is 14.9. The van der Waals surface area contributed by atoms with E-state index in [1.165, 1.54) is 0 Å². The van der Waals surface area contributed by atoms with Crippen LogP contribution in [-0.2, 0) is 20.4 Å². The van der Waals surface area contributed by atoms with Gasteiger partial charge in [-0.25, -0.2) is 8.78 Å². The molecule has 192 valence electrons. The fourth-order valence-electron chi connectivity index (χ4n) is 3.71. The molecule has 0 nitrogen and oxygen atoms in total. The van der Waals surface area contributed by atoms with E-state index in [1.54, 1.807) is 12.2 Å². The van der Waals surface area contributed by atoms with E-state index in [4.69, 9.17) is 0 Å². The third kappa shape index (κ3) is 12.1. The van der Waals surface area contributed by atoms with Crippen LogP contribution >= 0.6 is 18.5 Å². The van der Waals surface area contributed by atoms with Gasteiger partial charge in [0.2, 0.25) is 0 Å². The molecule has 0 saturated carbocycles. The van der Waals surface area contributed by atoms with Crippen LogP contribution in [0.25, 0.3) is 0 Å². The number of alkyl halides is 2. The van der Waals surface area contributed by atoms with E-state index in [0.29, 0.717) is 0 Å². The van der Waals surface area contributed by atoms with E-state index in [0.717, 1.165) is 12.3 Å². The summed E-state index contributed by atoms with van der Waals surface area (Å²) >= 11 is 0. The second kappa shape index (κ2) is 15.4. The standard InChI is InChI=1S/2C12H24FP.2ClH.Pd/c2*1-10(2,3)12(13,8-7-9-14)11(4,5)6;;;/h2*7-8H,9,14H2,1-6H3;2*1H;/q;;;;+2/p-2. The topological polar surface area (TPSA) is 0 Å². The number of hydrogen-bond donors (Lipinski definition) is 0. The number of halogens is 4. The molecule has 0 rings (SSSR count). The van der Waals surface area contributed by atoms with Crippen LogP contribution in [0.4, 0.5) is 8.78 Å². The van der Waals surface area contributed by atoms with Gasteiger partial charge < -0.3 is 24.8 Å². The first kappa shape index (κ1) is 42.6. The summed E-state index contributed by atoms with van der Waals surface area (Å²) in [5, 5.41) is 0. The van der Waals surface area contributed by atoms with Crippen LogP contribution in [0.2, 0.25) is 0 Å². The monoisotopic (exact) mass is 612 g/mol. The fraction of sp³-hybridized carbons (Fsp3) is 0.833. The maximum Gasteiger partial charge on any atom is 2.00 e. The van der Waals surface area contributed by atoms with Crippen molar-refractivity contribution in [2.45, 2.75) is 94.4 Å². The summed E-state index contributed by atoms with van der Waals surface area (Å²) in [6, 6.07) is 0. The summed E-state index contributed by atoms with van der Waals surface area (Å²) in [6.07, 6.45) is 8.83. The van der Waals surface area contributed by atoms with Gasteiger partial charge in [0.15, 0.2) is 0 Å². The van der Waals surface area contributed by atoms with Crippen molar-refractivity contribution < 1.29 is 54.0 Å². The Labute approximate surface area is 224 Å². The molecular weight excluding hydrogens is 566 g/mol. The zero-order valence-corrected chi connectivity index (χ0v) is 27.1. The average molecular weight is 614 g/mol. The molecule has 2 atom stereocenters. The summed E-state index contributed by atoms with van der Waals surface area (Å²) in [5.74, 6) is 0. The Morgan fingerprint density at radius 3 is 0.774 bits per heavy atom. The van der Waals surface area contributed by atoms with E-state index < -0.39 is 11.3 Å². The third-order valence-electron chi connectivity index (χ3n) is 5.33. The van der Waals surface area contributed by atoms with Gasteiger partial charge in [-0.1, -0.05) is 107 Å². The quantitative estimate of drug-likeness (QED) is 0.260. The zero-order chi connectivity index (χ0) is 23.2. The summed E-state index contributed by atoms with van der Waals surface area (Å²) in [4.78, 5) is 0. The van der Waals surface area contributed by atoms with Gasteiger partial charge in [0.1, 0.15) is 11.3 Å². The van der Waals surface area contributed by atoms with E-state index in [9.17, 15) is 8.78 Å². The first-order valence-electron chi connectivity index (χ1n) is 10.3. The fourth-order valence-corrected chi connectivity index (χ4v) is 3.98. The Hall–Kier alpha value is 1.44. The molecule has 0 aliphatic heterocycles. The molecule has 0 radical (unpaired) electrons. The molecular formula is C24H48Cl2F2P2Pd. The predicted molar refractivity (Wildman–Crippen MR) is 133 cm³/mol. The van der Waals surface area contributed by atoms with Crippen molar-refractivity contribution in [3.05, 3.63) is 24.3 Å². The second-order valence-corrected chi connectivity index (χ2v) is 12.6. The summed E-state index contributed by atoms with van der Waals surface area (Å²) in [6.45, 7) is 23.4. The van der Waals surface area contributed by atoms with Gasteiger partial charge in [0, 0.05) is 21.7 Å². The van der Waals surface area contributed by atoms with Gasteiger partial charge in [-0.15, -0.1) is 18.5 Å². The Morgan fingerprint density at radius 1 is 0.516 bits per heavy atom. The molecule has 0 aliphatic carbocycles. The van der Waals surface area contributed by atoms with Crippen LogP contribution in [0, 0.1) is 21.7 Å². The molecule has 0 spiro atoms. The minimum absolute atomic E-state index is 0. The van der Waals surface area contributed by atoms with E-state index >= 15 is 0 Å². The minimum Gasteiger partial charge on any atom is -1.00 e. The number of hydrogen-bond acceptors (Lipinski definition) is 0. The molecule has 7 heteroatoms. The van der Waals surface area contributed by atoms with Crippen LogP contribution in [0.5, 0.6) is 0 Å². The number of allylic oxidation sites excluding steroid dienone is 4. The molecule has 31 heavy (non-hydrogen) atoms. The molecule has 0 aromatic heterocycles. The van der Waals surface area contributed by atoms with E-state index in [1.807, 2.05) is 95.2 Å². The molecule has 0 amide bonds. The Kier molecular flexibility index (Phi) is 21.2. The van der Waals surface area contributed by atoms with E-state index in [-0.39, 0.29) is 66.9 Å². The summed E-state index contributed by atoms with van der Waals surface area (Å²) in [5.41, 5.74) is -4.03. The summed E-state index contributed by atoms with van der Waals surface area (Å²) < 4.78 is 29.8. The second-order valence-electron chi connectivity index (χ2n) is 11.7. The van der Waals surface area contributed by atoms with Crippen molar-refractivity contribution in [3.63, 3.8) is 0 Å². The Morgan fingerprint density at radius 2 is 0.677 bits per heavy atom. The van der Waals surface area contributed by atoms with Gasteiger partial charge in [0.25, 0.3) is 0 Å². The number of rotatable bonds is 4. The van der Waals surface area contributed by atoms with Gasteiger partial charge in [0.05, 0.1) is 0 Å². The minimum atomic E-state index is -1.27. The van der Waals surface area contributed by atoms with Gasteiger partial charge in [-0.05, 0) is 12.3 Å². The van der Waals surface area contributed by atoms with Crippen LogP contribution in [0.3, 0.4) is 0 Å². The van der Waals surface area contributed by atoms with Crippen molar-refractivity contribution >= 4 is 18.5 Å². The molecule has 0 aliphatic rings. The zero-order valence-electron chi connectivity index (χ0n) is 21.7. The molecule has 0 heterocycles. The molecule has 0 saturated heterocycles. The van der Waals surface area contributed by atoms with Crippen LogP contribution in [-0.4, -0.2) is 23.7 Å². The van der Waals surface area contributed by atoms with Crippen LogP contribution < -0.4 is 24.8 Å². The Bertz CT molecular complexity index is 448. The van der Waals surface area contributed by atoms with Crippen molar-refractivity contribution in [1.82, 2.24) is 0 Å². The smallest absolute Gasteiger partial charge is 1.00 e. The maximum absolute atomic E-state index is 14.9. The van der Waals surface area contributed by atoms with Crippen molar-refractivity contribution in [3.8, 4) is 0 Å². The predicted octanol–water partition coefficient (Wildman–Crippen LogP) is 2.44. The normalized spacial score (nSPS) is 13.7. The molecule has 0 aromatic rings. The molecule has 0 N–H and O–H groups in total. The third-order valence-corrected chi connectivity index (χ3v) is 5.88. The molecule has 2 unspecified atom stereocenters. The largest absolute Gasteiger partial charge is 2.00 e. The molecule has 0 bridgehead atoms. The van der Waals surface area contributed by atoms with Crippen molar-refractivity contribution in [2.75, 3.05) is 12.3 Å². The SMILES string of the molecule is CC(C)(C)C(F)(C=CCP)C(C)(C)C.CC(C)(C)C(F)(C=CCP)C(C)(C)C.[Cl-].[Cl-].[Pd+2]. The van der Waals surface area contributed by atoms with Crippen molar-refractivity contribution in [1.29, 1.82) is 0 Å². The molecule has 0 fully saturated rings. The van der Waals surface area contributed by atoms with E-state index in [2.05, 4.69) is 18.5 Å². The van der Waals surface area contributed by atoms with Gasteiger partial charge in [-0.2, -0.15) is 0 Å². The summed E-state index contributed by atoms with van der Waals surface area (Å²) in [7, 11) is 5.17. The average Bonchev–Trinajstić information content (AvgIpc) is 2.46. The van der Waals surface area contributed by atoms with Crippen LogP contribution in [0.1, 0.15) is 83.1 Å². The molecule has 0 aromatic carbocycles. The first-order valence-corrected chi connectivity index (χ1v) is 11.9. The van der Waals surface area contributed by atoms with Gasteiger partial charge >= 0.3 is 20.4 Å². The van der Waals surface area contributed by atoms with Crippen molar-refractivity contribution in [2.24, 2.45) is 21.7 Å². The Balaban J connectivity index is -0.000000133. The first-order chi connectivity index (χ1) is 12.1.